The van der Waals surface area contributed by atoms with Gasteiger partial charge in [0.25, 0.3) is 0 Å². The first-order chi connectivity index (χ1) is 34.8. The molecule has 0 bridgehead atoms. The van der Waals surface area contributed by atoms with E-state index in [-0.39, 0.29) is 71.1 Å². The molecular weight excluding hydrogens is 987 g/mol. The number of unbranched alkanes of at least 4 members (excludes halogenated alkanes) is 3. The number of nitrogens with one attached hydrogen (secondary N) is 1. The highest BCUT2D eigenvalue weighted by atomic mass is 32.2. The molecule has 4 rings (SSSR count). The lowest BCUT2D eigenvalue weighted by Crippen LogP contribution is -2.55. The van der Waals surface area contributed by atoms with E-state index in [9.17, 15) is 47.1 Å². The first kappa shape index (κ1) is 61.4. The van der Waals surface area contributed by atoms with Crippen molar-refractivity contribution in [3.8, 4) is 0 Å². The van der Waals surface area contributed by atoms with Crippen molar-refractivity contribution in [3.05, 3.63) is 59.7 Å². The number of amides is 4. The topological polar surface area (TPSA) is 227 Å². The number of ether oxygens (including phenoxy) is 2. The minimum Gasteiger partial charge on any atom is -0.480 e. The molecule has 3 aromatic rings. The van der Waals surface area contributed by atoms with Crippen LogP contribution >= 0.6 is 11.3 Å². The molecule has 1 saturated heterocycles. The van der Waals surface area contributed by atoms with E-state index < -0.39 is 69.4 Å². The molecule has 2 aromatic carbocycles. The molecule has 8 atom stereocenters. The largest absolute Gasteiger partial charge is 0.480 e. The smallest absolute Gasteiger partial charge is 0.326 e. The van der Waals surface area contributed by atoms with Gasteiger partial charge in [-0.25, -0.2) is 18.2 Å². The number of methoxy groups -OCH3 is 2. The third kappa shape index (κ3) is 16.0. The van der Waals surface area contributed by atoms with Gasteiger partial charge in [-0.3, -0.25) is 28.8 Å². The molecule has 0 radical (unpaired) electrons. The van der Waals surface area contributed by atoms with Gasteiger partial charge in [-0.05, 0) is 75.1 Å². The lowest BCUT2D eigenvalue weighted by molar-refractivity contribution is -0.150. The maximum Gasteiger partial charge on any atom is 0.326 e. The number of carbonyl (C=O) groups is 7. The molecule has 410 valence electrons. The quantitative estimate of drug-likeness (QED) is 0.0490. The predicted octanol–water partition coefficient (Wildman–Crippen LogP) is 7.42. The number of carbonyl (C=O) groups excluding carboxylic acids is 6. The molecule has 19 heteroatoms. The fraction of sp³-hybridized carbons (Fsp3) is 0.636. The van der Waals surface area contributed by atoms with Crippen LogP contribution in [-0.2, 0) is 54.5 Å². The van der Waals surface area contributed by atoms with E-state index in [1.54, 1.807) is 87.1 Å². The number of sulfone groups is 1. The Bertz CT molecular complexity index is 2530. The van der Waals surface area contributed by atoms with Crippen LogP contribution < -0.4 is 5.32 Å². The van der Waals surface area contributed by atoms with Gasteiger partial charge in [0.1, 0.15) is 6.04 Å². The third-order valence-corrected chi connectivity index (χ3v) is 17.8. The zero-order chi connectivity index (χ0) is 55.2. The first-order valence-corrected chi connectivity index (χ1v) is 28.6. The number of thiazole rings is 1. The molecule has 1 fully saturated rings. The van der Waals surface area contributed by atoms with Crippen LogP contribution in [0.3, 0.4) is 0 Å². The maximum atomic E-state index is 14.7. The standard InChI is InChI=1S/C55H81N5O12S2/c1-13-35(4)49(44(71-10)33-48(64)60-29-21-24-42(60)50(72-11)36(5)51(65)56-41(53(67)68)30-37-22-17-16-18-23-37)58(8)52(66)39(34(2)3)32-46(62)55(6,7)59(9)47(63)26-20-15-14-19-25-43(61)38-27-28-40-45(31-38)73-54(57-40)74(12,69)70/h16-18,22-23,27-28,31,34-36,39,41-42,44,49-50H,13-15,19-21,24-26,29-30,32-33H2,1-12H3,(H,56,65)(H,67,68)/t35-,36+,39-,41-,42-,44+,49-,50+/m0/s1. The lowest BCUT2D eigenvalue weighted by atomic mass is 9.82. The summed E-state index contributed by atoms with van der Waals surface area (Å²) in [7, 11) is 2.83. The van der Waals surface area contributed by atoms with Gasteiger partial charge in [0, 0.05) is 78.3 Å². The highest BCUT2D eigenvalue weighted by Gasteiger charge is 2.44. The number of benzene rings is 2. The molecule has 1 aliphatic rings. The van der Waals surface area contributed by atoms with Crippen LogP contribution in [0.1, 0.15) is 135 Å². The van der Waals surface area contributed by atoms with Crippen LogP contribution in [0.15, 0.2) is 52.9 Å². The summed E-state index contributed by atoms with van der Waals surface area (Å²) in [6.45, 7) is 13.2. The average molecular weight is 1070 g/mol. The molecule has 74 heavy (non-hydrogen) atoms. The molecule has 2 N–H and O–H groups in total. The van der Waals surface area contributed by atoms with E-state index in [4.69, 9.17) is 9.47 Å². The fourth-order valence-electron chi connectivity index (χ4n) is 9.94. The molecule has 0 saturated carbocycles. The summed E-state index contributed by atoms with van der Waals surface area (Å²) in [5.41, 5.74) is 0.563. The zero-order valence-corrected chi connectivity index (χ0v) is 47.2. The molecule has 0 spiro atoms. The Labute approximate surface area is 442 Å². The summed E-state index contributed by atoms with van der Waals surface area (Å²) >= 11 is 1.04. The van der Waals surface area contributed by atoms with E-state index >= 15 is 0 Å². The number of carboxylic acids is 1. The summed E-state index contributed by atoms with van der Waals surface area (Å²) in [5.74, 6) is -4.60. The van der Waals surface area contributed by atoms with Gasteiger partial charge in [0.15, 0.2) is 11.6 Å². The Morgan fingerprint density at radius 2 is 1.57 bits per heavy atom. The second-order valence-corrected chi connectivity index (χ2v) is 24.2. The summed E-state index contributed by atoms with van der Waals surface area (Å²) < 4.78 is 36.5. The second-order valence-electron chi connectivity index (χ2n) is 20.9. The van der Waals surface area contributed by atoms with Gasteiger partial charge in [0.2, 0.25) is 37.8 Å². The SMILES string of the molecule is CC[C@H](C)[C@@H]([C@@H](CC(=O)N1CCC[C@H]1[C@H](OC)[C@@H](C)C(=O)N[C@@H](Cc1ccccc1)C(=O)O)OC)N(C)C(=O)[C@@H](CC(=O)C(C)(C)N(C)C(=O)CCCCCCC(=O)c1ccc2nc(S(C)(=O)=O)sc2c1)C(C)C. The molecule has 0 unspecified atom stereocenters. The fourth-order valence-corrected chi connectivity index (χ4v) is 11.8. The number of Topliss-reactive ketones (excluding diaryl/α,β-unsaturated/α-hetero) is 2. The summed E-state index contributed by atoms with van der Waals surface area (Å²) in [6, 6.07) is 11.8. The molecule has 17 nitrogen and oxygen atoms in total. The lowest BCUT2D eigenvalue weighted by Gasteiger charge is -2.41. The summed E-state index contributed by atoms with van der Waals surface area (Å²) in [6.07, 6.45) is 4.55. The van der Waals surface area contributed by atoms with E-state index in [0.717, 1.165) is 23.2 Å². The number of carboxylic acid groups (broad SMARTS) is 1. The predicted molar refractivity (Wildman–Crippen MR) is 285 cm³/mol. The van der Waals surface area contributed by atoms with Crippen molar-refractivity contribution >= 4 is 72.6 Å². The number of aromatic nitrogens is 1. The molecule has 2 heterocycles. The molecule has 1 aliphatic heterocycles. The number of rotatable bonds is 30. The van der Waals surface area contributed by atoms with Crippen molar-refractivity contribution in [1.29, 1.82) is 0 Å². The van der Waals surface area contributed by atoms with Gasteiger partial charge < -0.3 is 34.6 Å². The zero-order valence-electron chi connectivity index (χ0n) is 45.6. The summed E-state index contributed by atoms with van der Waals surface area (Å²) in [4.78, 5) is 104. The van der Waals surface area contributed by atoms with Crippen LogP contribution in [-0.4, -0.2) is 151 Å². The number of aliphatic carboxylic acids is 1. The number of hydrogen-bond donors (Lipinski definition) is 2. The first-order valence-electron chi connectivity index (χ1n) is 25.9. The van der Waals surface area contributed by atoms with Crippen molar-refractivity contribution in [3.63, 3.8) is 0 Å². The van der Waals surface area contributed by atoms with E-state index in [1.807, 2.05) is 33.8 Å². The van der Waals surface area contributed by atoms with Crippen LogP contribution in [0.2, 0.25) is 0 Å². The van der Waals surface area contributed by atoms with Gasteiger partial charge in [-0.2, -0.15) is 0 Å². The molecule has 4 amide bonds. The Morgan fingerprint density at radius 1 is 0.919 bits per heavy atom. The van der Waals surface area contributed by atoms with Gasteiger partial charge in [0.05, 0.1) is 52.4 Å². The molecule has 0 aliphatic carbocycles. The van der Waals surface area contributed by atoms with Crippen molar-refractivity contribution in [2.24, 2.45) is 23.7 Å². The Morgan fingerprint density at radius 3 is 2.15 bits per heavy atom. The van der Waals surface area contributed by atoms with E-state index in [0.29, 0.717) is 73.7 Å². The third-order valence-electron chi connectivity index (χ3n) is 15.1. The van der Waals surface area contributed by atoms with Gasteiger partial charge in [-0.1, -0.05) is 84.2 Å². The monoisotopic (exact) mass is 1070 g/mol. The minimum absolute atomic E-state index is 0.0125. The van der Waals surface area contributed by atoms with Crippen molar-refractivity contribution in [2.75, 3.05) is 41.1 Å². The second kappa shape index (κ2) is 27.6. The Kier molecular flexibility index (Phi) is 22.9. The summed E-state index contributed by atoms with van der Waals surface area (Å²) in [5, 5.41) is 12.6. The minimum atomic E-state index is -3.45. The van der Waals surface area contributed by atoms with Crippen molar-refractivity contribution in [2.45, 2.75) is 166 Å². The van der Waals surface area contributed by atoms with E-state index in [2.05, 4.69) is 10.3 Å². The number of nitrogens with zero attached hydrogens (tertiary/aromatic N) is 4. The van der Waals surface area contributed by atoms with E-state index in [1.165, 1.54) is 19.1 Å². The van der Waals surface area contributed by atoms with Crippen LogP contribution in [0.25, 0.3) is 10.2 Å². The van der Waals surface area contributed by atoms with Gasteiger partial charge >= 0.3 is 5.97 Å². The number of fused-ring (bicyclic) bond motifs is 1. The number of likely N-dealkylation sites (tertiary alicyclic amines) is 1. The molecular formula is C55H81N5O12S2. The van der Waals surface area contributed by atoms with Crippen LogP contribution in [0, 0.1) is 23.7 Å². The number of likely N-dealkylation sites (N-methyl/N-ethyl adjacent to an activating group) is 2. The average Bonchev–Trinajstić information content (AvgIpc) is 4.04. The van der Waals surface area contributed by atoms with Crippen molar-refractivity contribution in [1.82, 2.24) is 25.0 Å². The normalized spacial score (nSPS) is 17.0. The maximum absolute atomic E-state index is 14.7. The Hall–Kier alpha value is -5.11. The highest BCUT2D eigenvalue weighted by molar-refractivity contribution is 7.92. The highest BCUT2D eigenvalue weighted by Crippen LogP contribution is 2.32. The number of ketones is 2. The molecule has 1 aromatic heterocycles. The van der Waals surface area contributed by atoms with Crippen molar-refractivity contribution < 1.29 is 56.6 Å². The van der Waals surface area contributed by atoms with Gasteiger partial charge in [-0.15, -0.1) is 11.3 Å². The van der Waals surface area contributed by atoms with Crippen LogP contribution in [0.4, 0.5) is 0 Å². The number of hydrogen-bond acceptors (Lipinski definition) is 13. The Balaban J connectivity index is 1.34. The van der Waals surface area contributed by atoms with Crippen LogP contribution in [0.5, 0.6) is 0 Å².